The molecule has 1 aromatic carbocycles. The van der Waals surface area contributed by atoms with Gasteiger partial charge in [-0.1, -0.05) is 12.1 Å². The van der Waals surface area contributed by atoms with Gasteiger partial charge in [-0.3, -0.25) is 9.69 Å². The number of amides is 1. The molecule has 1 aliphatic rings. The van der Waals surface area contributed by atoms with Crippen molar-refractivity contribution in [3.8, 4) is 0 Å². The summed E-state index contributed by atoms with van der Waals surface area (Å²) in [4.78, 5) is 26.1. The van der Waals surface area contributed by atoms with Crippen LogP contribution in [-0.2, 0) is 14.3 Å². The Hall–Kier alpha value is -1.63. The lowest BCUT2D eigenvalue weighted by Gasteiger charge is -2.26. The molecule has 0 unspecified atom stereocenters. The van der Waals surface area contributed by atoms with Gasteiger partial charge in [-0.25, -0.2) is 4.79 Å². The Balaban J connectivity index is 0.00000264. The van der Waals surface area contributed by atoms with Crippen LogP contribution in [0.25, 0.3) is 0 Å². The molecule has 0 saturated carbocycles. The van der Waals surface area contributed by atoms with Crippen molar-refractivity contribution in [2.24, 2.45) is 0 Å². The maximum atomic E-state index is 12.1. The number of para-hydroxylation sites is 1. The Morgan fingerprint density at radius 2 is 1.96 bits per heavy atom. The van der Waals surface area contributed by atoms with Crippen LogP contribution in [0.2, 0.25) is 0 Å². The predicted molar refractivity (Wildman–Crippen MR) is 90.2 cm³/mol. The molecule has 1 aliphatic heterocycles. The van der Waals surface area contributed by atoms with Crippen LogP contribution in [0, 0.1) is 0 Å². The van der Waals surface area contributed by atoms with Crippen LogP contribution >= 0.6 is 12.4 Å². The van der Waals surface area contributed by atoms with Gasteiger partial charge >= 0.3 is 5.97 Å². The Bertz CT molecular complexity index is 519. The monoisotopic (exact) mass is 342 g/mol. The van der Waals surface area contributed by atoms with Crippen LogP contribution in [0.4, 0.5) is 5.69 Å². The zero-order valence-corrected chi connectivity index (χ0v) is 14.1. The molecule has 0 aromatic heterocycles. The minimum absolute atomic E-state index is 0. The molecule has 1 heterocycles. The highest BCUT2D eigenvalue weighted by Gasteiger charge is 2.15. The molecule has 2 rings (SSSR count). The number of nitrogens with one attached hydrogen (secondary N) is 1. The third-order valence-corrected chi connectivity index (χ3v) is 3.46. The molecule has 0 radical (unpaired) electrons. The molecule has 0 bridgehead atoms. The van der Waals surface area contributed by atoms with E-state index in [9.17, 15) is 9.59 Å². The van der Waals surface area contributed by atoms with Gasteiger partial charge in [0.05, 0.1) is 31.1 Å². The van der Waals surface area contributed by atoms with Crippen molar-refractivity contribution in [1.29, 1.82) is 0 Å². The molecule has 6 nitrogen and oxygen atoms in total. The Morgan fingerprint density at radius 3 is 2.65 bits per heavy atom. The highest BCUT2D eigenvalue weighted by molar-refractivity contribution is 6.01. The first kappa shape index (κ1) is 19.4. The second-order valence-corrected chi connectivity index (χ2v) is 5.02. The molecule has 0 spiro atoms. The van der Waals surface area contributed by atoms with Gasteiger partial charge < -0.3 is 14.8 Å². The summed E-state index contributed by atoms with van der Waals surface area (Å²) in [5, 5.41) is 2.79. The zero-order chi connectivity index (χ0) is 15.8. The van der Waals surface area contributed by atoms with Gasteiger partial charge in [-0.05, 0) is 19.1 Å². The smallest absolute Gasteiger partial charge is 0.340 e. The summed E-state index contributed by atoms with van der Waals surface area (Å²) in [7, 11) is 0. The van der Waals surface area contributed by atoms with Crippen molar-refractivity contribution >= 4 is 30.0 Å². The number of anilines is 1. The van der Waals surface area contributed by atoms with E-state index < -0.39 is 5.97 Å². The second kappa shape index (κ2) is 10.2. The number of esters is 1. The van der Waals surface area contributed by atoms with Crippen LogP contribution in [0.1, 0.15) is 23.7 Å². The lowest BCUT2D eigenvalue weighted by molar-refractivity contribution is -0.116. The molecular formula is C16H23ClN2O4. The third-order valence-electron chi connectivity index (χ3n) is 3.46. The molecule has 128 valence electrons. The summed E-state index contributed by atoms with van der Waals surface area (Å²) in [6.07, 6.45) is 0.386. The molecule has 1 saturated heterocycles. The van der Waals surface area contributed by atoms with Crippen molar-refractivity contribution in [3.05, 3.63) is 29.8 Å². The number of ether oxygens (including phenoxy) is 2. The SMILES string of the molecule is CCOC(=O)c1ccccc1NC(=O)CCN1CCOCC1.Cl. The summed E-state index contributed by atoms with van der Waals surface area (Å²) in [5.74, 6) is -0.533. The maximum Gasteiger partial charge on any atom is 0.340 e. The Labute approximate surface area is 142 Å². The van der Waals surface area contributed by atoms with Crippen molar-refractivity contribution in [3.63, 3.8) is 0 Å². The fraction of sp³-hybridized carbons (Fsp3) is 0.500. The number of carbonyl (C=O) groups is 2. The Morgan fingerprint density at radius 1 is 1.26 bits per heavy atom. The average molecular weight is 343 g/mol. The number of halogens is 1. The van der Waals surface area contributed by atoms with Crippen LogP contribution in [-0.4, -0.2) is 56.2 Å². The van der Waals surface area contributed by atoms with Gasteiger partial charge in [0.2, 0.25) is 5.91 Å². The van der Waals surface area contributed by atoms with Gasteiger partial charge in [0.15, 0.2) is 0 Å². The van der Waals surface area contributed by atoms with E-state index in [4.69, 9.17) is 9.47 Å². The third kappa shape index (κ3) is 6.17. The first-order chi connectivity index (χ1) is 10.7. The van der Waals surface area contributed by atoms with E-state index >= 15 is 0 Å². The fourth-order valence-corrected chi connectivity index (χ4v) is 2.28. The number of nitrogens with zero attached hydrogens (tertiary/aromatic N) is 1. The summed E-state index contributed by atoms with van der Waals surface area (Å²) in [6.45, 7) is 5.89. The van der Waals surface area contributed by atoms with Gasteiger partial charge in [0.1, 0.15) is 0 Å². The van der Waals surface area contributed by atoms with E-state index in [0.717, 1.165) is 13.1 Å². The standard InChI is InChI=1S/C16H22N2O4.ClH/c1-2-22-16(20)13-5-3-4-6-14(13)17-15(19)7-8-18-9-11-21-12-10-18;/h3-6H,2,7-12H2,1H3,(H,17,19);1H. The zero-order valence-electron chi connectivity index (χ0n) is 13.2. The largest absolute Gasteiger partial charge is 0.462 e. The predicted octanol–water partition coefficient (Wildman–Crippen LogP) is 1.95. The number of rotatable bonds is 6. The van der Waals surface area contributed by atoms with Crippen molar-refractivity contribution in [1.82, 2.24) is 4.90 Å². The van der Waals surface area contributed by atoms with E-state index in [1.165, 1.54) is 0 Å². The molecule has 1 aromatic rings. The molecule has 1 N–H and O–H groups in total. The average Bonchev–Trinajstić information content (AvgIpc) is 2.54. The van der Waals surface area contributed by atoms with E-state index in [2.05, 4.69) is 10.2 Å². The van der Waals surface area contributed by atoms with Crippen LogP contribution in [0.5, 0.6) is 0 Å². The van der Waals surface area contributed by atoms with Crippen LogP contribution in [0.15, 0.2) is 24.3 Å². The molecule has 0 aliphatic carbocycles. The topological polar surface area (TPSA) is 67.9 Å². The summed E-state index contributed by atoms with van der Waals surface area (Å²) in [5.41, 5.74) is 0.872. The van der Waals surface area contributed by atoms with Crippen molar-refractivity contribution in [2.75, 3.05) is 44.8 Å². The number of carbonyl (C=O) groups excluding carboxylic acids is 2. The van der Waals surface area contributed by atoms with E-state index in [0.29, 0.717) is 44.0 Å². The van der Waals surface area contributed by atoms with Crippen LogP contribution in [0.3, 0.4) is 0 Å². The van der Waals surface area contributed by atoms with Crippen molar-refractivity contribution in [2.45, 2.75) is 13.3 Å². The Kier molecular flexibility index (Phi) is 8.61. The number of morpholine rings is 1. The first-order valence-corrected chi connectivity index (χ1v) is 7.57. The highest BCUT2D eigenvalue weighted by Crippen LogP contribution is 2.16. The lowest BCUT2D eigenvalue weighted by Crippen LogP contribution is -2.38. The van der Waals surface area contributed by atoms with E-state index in [1.54, 1.807) is 31.2 Å². The first-order valence-electron chi connectivity index (χ1n) is 7.57. The molecule has 23 heavy (non-hydrogen) atoms. The summed E-state index contributed by atoms with van der Waals surface area (Å²) >= 11 is 0. The highest BCUT2D eigenvalue weighted by atomic mass is 35.5. The number of hydrogen-bond acceptors (Lipinski definition) is 5. The molecule has 1 amide bonds. The van der Waals surface area contributed by atoms with Crippen LogP contribution < -0.4 is 5.32 Å². The van der Waals surface area contributed by atoms with Gasteiger partial charge in [0.25, 0.3) is 0 Å². The number of hydrogen-bond donors (Lipinski definition) is 1. The second-order valence-electron chi connectivity index (χ2n) is 5.02. The maximum absolute atomic E-state index is 12.1. The van der Waals surface area contributed by atoms with E-state index in [-0.39, 0.29) is 18.3 Å². The van der Waals surface area contributed by atoms with E-state index in [1.807, 2.05) is 0 Å². The minimum Gasteiger partial charge on any atom is -0.462 e. The fourth-order valence-electron chi connectivity index (χ4n) is 2.28. The van der Waals surface area contributed by atoms with Gasteiger partial charge in [-0.2, -0.15) is 0 Å². The molecular weight excluding hydrogens is 320 g/mol. The lowest BCUT2D eigenvalue weighted by atomic mass is 10.1. The summed E-state index contributed by atoms with van der Waals surface area (Å²) < 4.78 is 10.3. The van der Waals surface area contributed by atoms with Gasteiger partial charge in [0, 0.05) is 26.1 Å². The van der Waals surface area contributed by atoms with Crippen molar-refractivity contribution < 1.29 is 19.1 Å². The van der Waals surface area contributed by atoms with Gasteiger partial charge in [-0.15, -0.1) is 12.4 Å². The normalized spacial score (nSPS) is 14.7. The molecule has 7 heteroatoms. The number of benzene rings is 1. The molecule has 0 atom stereocenters. The minimum atomic E-state index is -0.424. The summed E-state index contributed by atoms with van der Waals surface area (Å²) in [6, 6.07) is 6.88. The quantitative estimate of drug-likeness (QED) is 0.800. The molecule has 1 fully saturated rings.